The highest BCUT2D eigenvalue weighted by molar-refractivity contribution is 5.95. The molecule has 0 aliphatic carbocycles. The quantitative estimate of drug-likeness (QED) is 0.653. The summed E-state index contributed by atoms with van der Waals surface area (Å²) in [5.41, 5.74) is 4.34. The van der Waals surface area contributed by atoms with E-state index in [0.717, 1.165) is 25.1 Å². The Morgan fingerprint density at radius 1 is 1.06 bits per heavy atom. The molecular formula is C25H29N3O4. The van der Waals surface area contributed by atoms with Crippen molar-refractivity contribution in [3.05, 3.63) is 76.5 Å². The summed E-state index contributed by atoms with van der Waals surface area (Å²) in [7, 11) is 0. The molecule has 2 N–H and O–H groups in total. The number of carbonyl (C=O) groups is 2. The van der Waals surface area contributed by atoms with E-state index in [0.29, 0.717) is 30.2 Å². The van der Waals surface area contributed by atoms with Crippen molar-refractivity contribution in [3.8, 4) is 5.75 Å². The van der Waals surface area contributed by atoms with Gasteiger partial charge in [0.05, 0.1) is 24.8 Å². The van der Waals surface area contributed by atoms with Gasteiger partial charge in [0.25, 0.3) is 0 Å². The number of hydrogen-bond acceptors (Lipinski definition) is 5. The first kappa shape index (κ1) is 21.9. The van der Waals surface area contributed by atoms with Gasteiger partial charge >= 0.3 is 12.0 Å². The summed E-state index contributed by atoms with van der Waals surface area (Å²) in [6.45, 7) is 6.47. The van der Waals surface area contributed by atoms with Gasteiger partial charge in [0.15, 0.2) is 0 Å². The Kier molecular flexibility index (Phi) is 6.75. The summed E-state index contributed by atoms with van der Waals surface area (Å²) in [6, 6.07) is 14.8. The van der Waals surface area contributed by atoms with Gasteiger partial charge in [-0.05, 0) is 37.5 Å². The second-order valence-electron chi connectivity index (χ2n) is 7.84. The minimum absolute atomic E-state index is 0.250. The van der Waals surface area contributed by atoms with Crippen molar-refractivity contribution < 1.29 is 19.1 Å². The van der Waals surface area contributed by atoms with Crippen LogP contribution in [0.5, 0.6) is 5.75 Å². The number of nitrogens with zero attached hydrogens (tertiary/aromatic N) is 1. The van der Waals surface area contributed by atoms with E-state index in [1.54, 1.807) is 6.92 Å². The van der Waals surface area contributed by atoms with Gasteiger partial charge in [-0.15, -0.1) is 0 Å². The molecule has 0 spiro atoms. The van der Waals surface area contributed by atoms with Crippen LogP contribution in [0.3, 0.4) is 0 Å². The number of carbonyl (C=O) groups excluding carboxylic acids is 2. The Labute approximate surface area is 188 Å². The van der Waals surface area contributed by atoms with Crippen molar-refractivity contribution in [3.63, 3.8) is 0 Å². The van der Waals surface area contributed by atoms with Crippen molar-refractivity contribution >= 4 is 12.0 Å². The van der Waals surface area contributed by atoms with Crippen molar-refractivity contribution in [2.24, 2.45) is 0 Å². The lowest BCUT2D eigenvalue weighted by atomic mass is 9.93. The number of benzene rings is 2. The molecule has 32 heavy (non-hydrogen) atoms. The summed E-state index contributed by atoms with van der Waals surface area (Å²) in [5, 5.41) is 5.77. The molecule has 2 aliphatic rings. The van der Waals surface area contributed by atoms with E-state index >= 15 is 0 Å². The average molecular weight is 436 g/mol. The van der Waals surface area contributed by atoms with Gasteiger partial charge in [0.1, 0.15) is 5.75 Å². The van der Waals surface area contributed by atoms with Crippen LogP contribution in [0.1, 0.15) is 36.6 Å². The molecule has 0 unspecified atom stereocenters. The van der Waals surface area contributed by atoms with Crippen LogP contribution >= 0.6 is 0 Å². The van der Waals surface area contributed by atoms with Crippen molar-refractivity contribution in [1.29, 1.82) is 0 Å². The summed E-state index contributed by atoms with van der Waals surface area (Å²) in [5.74, 6) is 0.193. The highest BCUT2D eigenvalue weighted by Gasteiger charge is 2.36. The third-order valence-corrected chi connectivity index (χ3v) is 5.77. The first-order valence-electron chi connectivity index (χ1n) is 11.1. The number of ether oxygens (including phenoxy) is 2. The molecule has 0 saturated carbocycles. The maximum Gasteiger partial charge on any atom is 0.338 e. The van der Waals surface area contributed by atoms with Crippen LogP contribution in [0.2, 0.25) is 0 Å². The Morgan fingerprint density at radius 3 is 2.59 bits per heavy atom. The lowest BCUT2D eigenvalue weighted by Gasteiger charge is -2.34. The molecule has 0 saturated heterocycles. The fourth-order valence-corrected chi connectivity index (χ4v) is 4.34. The Hall–Kier alpha value is -3.32. The average Bonchev–Trinajstić information content (AvgIpc) is 2.79. The molecule has 1 atom stereocenters. The zero-order valence-corrected chi connectivity index (χ0v) is 18.5. The highest BCUT2D eigenvalue weighted by Crippen LogP contribution is 2.34. The van der Waals surface area contributed by atoms with Crippen molar-refractivity contribution in [2.75, 3.05) is 26.3 Å². The monoisotopic (exact) mass is 435 g/mol. The Morgan fingerprint density at radius 2 is 1.81 bits per heavy atom. The van der Waals surface area contributed by atoms with Gasteiger partial charge in [-0.25, -0.2) is 9.59 Å². The largest absolute Gasteiger partial charge is 0.494 e. The van der Waals surface area contributed by atoms with E-state index in [4.69, 9.17) is 9.47 Å². The van der Waals surface area contributed by atoms with Crippen LogP contribution in [0, 0.1) is 0 Å². The molecular weight excluding hydrogens is 406 g/mol. The lowest BCUT2D eigenvalue weighted by Crippen LogP contribution is -2.49. The van der Waals surface area contributed by atoms with Gasteiger partial charge in [-0.2, -0.15) is 0 Å². The van der Waals surface area contributed by atoms with Gasteiger partial charge in [-0.3, -0.25) is 4.90 Å². The van der Waals surface area contributed by atoms with E-state index in [1.165, 1.54) is 11.1 Å². The smallest absolute Gasteiger partial charge is 0.338 e. The normalized spacial score (nSPS) is 18.4. The summed E-state index contributed by atoms with van der Waals surface area (Å²) in [4.78, 5) is 27.9. The first-order valence-corrected chi connectivity index (χ1v) is 11.1. The zero-order chi connectivity index (χ0) is 22.5. The Bertz CT molecular complexity index is 1030. The number of esters is 1. The predicted molar refractivity (Wildman–Crippen MR) is 121 cm³/mol. The fraction of sp³-hybridized carbons (Fsp3) is 0.360. The van der Waals surface area contributed by atoms with Crippen LogP contribution in [0.15, 0.2) is 59.8 Å². The molecule has 2 aromatic carbocycles. The maximum atomic E-state index is 13.1. The number of hydrogen-bond donors (Lipinski definition) is 2. The van der Waals surface area contributed by atoms with Crippen LogP contribution in [0.4, 0.5) is 4.79 Å². The molecule has 0 aromatic heterocycles. The standard InChI is InChI=1S/C25H29N3O4/c1-3-31-21-12-8-7-11-19(21)23-22(24(29)32-4-2)20(26-25(30)27-23)16-28-14-13-17-9-5-6-10-18(17)15-28/h5-12,23H,3-4,13-16H2,1-2H3,(H2,26,27,30)/t23-/m0/s1. The van der Waals surface area contributed by atoms with Crippen LogP contribution in [0.25, 0.3) is 0 Å². The molecule has 0 radical (unpaired) electrons. The molecule has 2 aromatic rings. The minimum Gasteiger partial charge on any atom is -0.494 e. The summed E-state index contributed by atoms with van der Waals surface area (Å²) in [6.07, 6.45) is 0.932. The lowest BCUT2D eigenvalue weighted by molar-refractivity contribution is -0.139. The van der Waals surface area contributed by atoms with Gasteiger partial charge in [0.2, 0.25) is 0 Å². The second kappa shape index (κ2) is 9.87. The number of para-hydroxylation sites is 1. The number of nitrogens with one attached hydrogen (secondary N) is 2. The summed E-state index contributed by atoms with van der Waals surface area (Å²) < 4.78 is 11.2. The molecule has 7 heteroatoms. The third-order valence-electron chi connectivity index (χ3n) is 5.77. The van der Waals surface area contributed by atoms with Gasteiger partial charge < -0.3 is 20.1 Å². The predicted octanol–water partition coefficient (Wildman–Crippen LogP) is 3.31. The number of urea groups is 1. The van der Waals surface area contributed by atoms with E-state index in [1.807, 2.05) is 37.3 Å². The van der Waals surface area contributed by atoms with E-state index in [-0.39, 0.29) is 12.6 Å². The van der Waals surface area contributed by atoms with E-state index < -0.39 is 12.0 Å². The Balaban J connectivity index is 1.70. The summed E-state index contributed by atoms with van der Waals surface area (Å²) >= 11 is 0. The molecule has 0 fully saturated rings. The number of rotatable bonds is 7. The molecule has 2 heterocycles. The minimum atomic E-state index is -0.655. The second-order valence-corrected chi connectivity index (χ2v) is 7.84. The zero-order valence-electron chi connectivity index (χ0n) is 18.5. The van der Waals surface area contributed by atoms with Gasteiger partial charge in [0, 0.05) is 30.9 Å². The SMILES string of the molecule is CCOC(=O)C1=C(CN2CCc3ccccc3C2)NC(=O)N[C@H]1c1ccccc1OCC. The van der Waals surface area contributed by atoms with Crippen LogP contribution in [-0.2, 0) is 22.5 Å². The van der Waals surface area contributed by atoms with Crippen LogP contribution in [-0.4, -0.2) is 43.2 Å². The topological polar surface area (TPSA) is 79.9 Å². The fourth-order valence-electron chi connectivity index (χ4n) is 4.34. The molecule has 168 valence electrons. The van der Waals surface area contributed by atoms with Crippen molar-refractivity contribution in [1.82, 2.24) is 15.5 Å². The highest BCUT2D eigenvalue weighted by atomic mass is 16.5. The third kappa shape index (κ3) is 4.62. The van der Waals surface area contributed by atoms with Crippen LogP contribution < -0.4 is 15.4 Å². The maximum absolute atomic E-state index is 13.1. The van der Waals surface area contributed by atoms with Crippen molar-refractivity contribution in [2.45, 2.75) is 32.9 Å². The molecule has 4 rings (SSSR count). The first-order chi connectivity index (χ1) is 15.6. The molecule has 2 aliphatic heterocycles. The molecule has 7 nitrogen and oxygen atoms in total. The van der Waals surface area contributed by atoms with Gasteiger partial charge in [-0.1, -0.05) is 42.5 Å². The number of fused-ring (bicyclic) bond motifs is 1. The molecule has 2 amide bonds. The number of amides is 2. The molecule has 0 bridgehead atoms. The van der Waals surface area contributed by atoms with E-state index in [2.05, 4.69) is 33.7 Å². The van der Waals surface area contributed by atoms with E-state index in [9.17, 15) is 9.59 Å².